The van der Waals surface area contributed by atoms with Gasteiger partial charge in [-0.1, -0.05) is 54.6 Å². The zero-order valence-corrected chi connectivity index (χ0v) is 16.6. The summed E-state index contributed by atoms with van der Waals surface area (Å²) in [6, 6.07) is 22.6. The normalized spacial score (nSPS) is 19.0. The molecule has 0 saturated heterocycles. The van der Waals surface area contributed by atoms with Crippen molar-refractivity contribution >= 4 is 20.4 Å². The fourth-order valence-corrected chi connectivity index (χ4v) is 7.76. The van der Waals surface area contributed by atoms with Gasteiger partial charge in [0.05, 0.1) is 15.5 Å². The van der Waals surface area contributed by atoms with Crippen molar-refractivity contribution < 1.29 is 22.3 Å². The molecule has 0 fully saturated rings. The Morgan fingerprint density at radius 3 is 2.25 bits per heavy atom. The van der Waals surface area contributed by atoms with Crippen molar-refractivity contribution in [2.24, 2.45) is 0 Å². The lowest BCUT2D eigenvalue weighted by Gasteiger charge is -2.27. The summed E-state index contributed by atoms with van der Waals surface area (Å²) in [6.07, 6.45) is 0. The summed E-state index contributed by atoms with van der Waals surface area (Å²) in [4.78, 5) is 0.426. The molecule has 28 heavy (non-hydrogen) atoms. The summed E-state index contributed by atoms with van der Waals surface area (Å²) >= 11 is 0. The monoisotopic (exact) mass is 416 g/mol. The van der Waals surface area contributed by atoms with E-state index in [1.165, 1.54) is 12.1 Å². The van der Waals surface area contributed by atoms with Crippen LogP contribution in [0.2, 0.25) is 0 Å². The van der Waals surface area contributed by atoms with Crippen LogP contribution >= 0.6 is 10.6 Å². The molecule has 0 spiro atoms. The number of benzene rings is 3. The van der Waals surface area contributed by atoms with Crippen LogP contribution in [0.4, 0.5) is 0 Å². The van der Waals surface area contributed by atoms with Crippen LogP contribution in [0.1, 0.15) is 16.4 Å². The van der Waals surface area contributed by atoms with E-state index in [1.807, 2.05) is 30.3 Å². The number of hydrogen-bond acceptors (Lipinski definition) is 5. The Bertz CT molecular complexity index is 1080. The third-order valence-electron chi connectivity index (χ3n) is 4.76. The second-order valence-electron chi connectivity index (χ2n) is 6.65. The molecule has 7 heteroatoms. The summed E-state index contributed by atoms with van der Waals surface area (Å²) in [5.41, 5.74) is 1.41. The lowest BCUT2D eigenvalue weighted by atomic mass is 10.1. The highest BCUT2D eigenvalue weighted by Gasteiger charge is 2.43. The highest BCUT2D eigenvalue weighted by molar-refractivity contribution is 8.25. The molecule has 1 unspecified atom stereocenters. The smallest absolute Gasteiger partial charge is 0.187 e. The minimum atomic E-state index is -3.73. The van der Waals surface area contributed by atoms with E-state index in [0.29, 0.717) is 17.9 Å². The maximum atomic E-state index is 13.0. The zero-order valence-electron chi connectivity index (χ0n) is 14.9. The molecule has 1 atom stereocenters. The van der Waals surface area contributed by atoms with Gasteiger partial charge in [0.15, 0.2) is 9.84 Å². The first-order chi connectivity index (χ1) is 13.4. The van der Waals surface area contributed by atoms with Gasteiger partial charge in [-0.15, -0.1) is 0 Å². The fourth-order valence-electron chi connectivity index (χ4n) is 3.32. The number of hydrogen-bond donors (Lipinski definition) is 2. The molecule has 1 aliphatic rings. The van der Waals surface area contributed by atoms with Gasteiger partial charge in [0.1, 0.15) is 17.6 Å². The van der Waals surface area contributed by atoms with Gasteiger partial charge in [-0.05, 0) is 29.3 Å². The van der Waals surface area contributed by atoms with Crippen molar-refractivity contribution in [2.75, 3.05) is 5.75 Å². The topological polar surface area (TPSA) is 83.8 Å². The van der Waals surface area contributed by atoms with Gasteiger partial charge >= 0.3 is 0 Å². The molecule has 0 aliphatic carbocycles. The summed E-state index contributed by atoms with van der Waals surface area (Å²) in [5.74, 6) is 0.238. The number of ether oxygens (including phenoxy) is 1. The molecule has 4 rings (SSSR count). The summed E-state index contributed by atoms with van der Waals surface area (Å²) in [6.45, 7) is 0.338. The molecule has 3 aromatic rings. The second kappa shape index (κ2) is 7.25. The van der Waals surface area contributed by atoms with Crippen molar-refractivity contribution in [3.63, 3.8) is 0 Å². The van der Waals surface area contributed by atoms with Crippen LogP contribution in [-0.2, 0) is 16.4 Å². The molecule has 1 heterocycles. The standard InChI is InChI=1S/C21H20O5S2/c22-27(23)15-21(28(24,25)18-9-5-2-6-10-18)19-12-11-17(13-20(19)27)26-14-16-7-3-1-4-8-16/h1-13,21-23H,14-15H2. The first-order valence-electron chi connectivity index (χ1n) is 8.73. The first-order valence-corrected chi connectivity index (χ1v) is 12.0. The summed E-state index contributed by atoms with van der Waals surface area (Å²) < 4.78 is 53.0. The van der Waals surface area contributed by atoms with Gasteiger partial charge in [-0.2, -0.15) is 10.6 Å². The van der Waals surface area contributed by atoms with Crippen LogP contribution in [0.25, 0.3) is 0 Å². The van der Waals surface area contributed by atoms with Crippen molar-refractivity contribution in [3.8, 4) is 5.75 Å². The van der Waals surface area contributed by atoms with Crippen LogP contribution < -0.4 is 4.74 Å². The third kappa shape index (κ3) is 3.54. The van der Waals surface area contributed by atoms with Crippen LogP contribution in [0, 0.1) is 0 Å². The van der Waals surface area contributed by atoms with Crippen LogP contribution in [0.5, 0.6) is 5.75 Å². The maximum absolute atomic E-state index is 13.0. The fraction of sp³-hybridized carbons (Fsp3) is 0.143. The average Bonchev–Trinajstić information content (AvgIpc) is 2.99. The molecule has 0 saturated carbocycles. The van der Waals surface area contributed by atoms with Crippen molar-refractivity contribution in [1.29, 1.82) is 0 Å². The predicted molar refractivity (Wildman–Crippen MR) is 110 cm³/mol. The number of sulfone groups is 1. The van der Waals surface area contributed by atoms with Crippen molar-refractivity contribution in [2.45, 2.75) is 21.6 Å². The molecule has 0 radical (unpaired) electrons. The molecule has 5 nitrogen and oxygen atoms in total. The maximum Gasteiger partial charge on any atom is 0.187 e. The van der Waals surface area contributed by atoms with Crippen LogP contribution in [0.15, 0.2) is 88.7 Å². The largest absolute Gasteiger partial charge is 0.489 e. The lowest BCUT2D eigenvalue weighted by molar-refractivity contribution is 0.305. The molecule has 0 amide bonds. The molecule has 0 aromatic heterocycles. The number of fused-ring (bicyclic) bond motifs is 1. The molecule has 0 bridgehead atoms. The van der Waals surface area contributed by atoms with E-state index in [-0.39, 0.29) is 15.5 Å². The highest BCUT2D eigenvalue weighted by Crippen LogP contribution is 2.61. The van der Waals surface area contributed by atoms with Gasteiger partial charge < -0.3 is 4.74 Å². The Labute approximate surface area is 165 Å². The quantitative estimate of drug-likeness (QED) is 0.618. The average molecular weight is 417 g/mol. The van der Waals surface area contributed by atoms with E-state index in [2.05, 4.69) is 0 Å². The first kappa shape index (κ1) is 19.0. The zero-order chi connectivity index (χ0) is 19.8. The molecule has 1 aliphatic heterocycles. The predicted octanol–water partition coefficient (Wildman–Crippen LogP) is 4.90. The van der Waals surface area contributed by atoms with Gasteiger partial charge in [0.25, 0.3) is 0 Å². The Hall–Kier alpha value is -2.32. The molecular formula is C21H20O5S2. The molecule has 3 aromatic carbocycles. The van der Waals surface area contributed by atoms with Gasteiger partial charge in [-0.3, -0.25) is 9.11 Å². The van der Waals surface area contributed by atoms with Crippen LogP contribution in [0.3, 0.4) is 0 Å². The Kier molecular flexibility index (Phi) is 4.93. The molecule has 146 valence electrons. The van der Waals surface area contributed by atoms with E-state index < -0.39 is 25.7 Å². The van der Waals surface area contributed by atoms with Crippen molar-refractivity contribution in [3.05, 3.63) is 90.0 Å². The summed E-state index contributed by atoms with van der Waals surface area (Å²) in [5, 5.41) is -0.988. The van der Waals surface area contributed by atoms with Gasteiger partial charge in [0, 0.05) is 6.07 Å². The molecule has 2 N–H and O–H groups in total. The van der Waals surface area contributed by atoms with E-state index >= 15 is 0 Å². The van der Waals surface area contributed by atoms with E-state index in [1.54, 1.807) is 36.4 Å². The number of rotatable bonds is 5. The SMILES string of the molecule is O=S(=O)(c1ccccc1)C1CS(O)(O)c2cc(OCc3ccccc3)ccc21. The highest BCUT2D eigenvalue weighted by atomic mass is 32.3. The lowest BCUT2D eigenvalue weighted by Crippen LogP contribution is -2.15. The Morgan fingerprint density at radius 1 is 0.929 bits per heavy atom. The Balaban J connectivity index is 1.65. The second-order valence-corrected chi connectivity index (χ2v) is 10.9. The van der Waals surface area contributed by atoms with Crippen LogP contribution in [-0.4, -0.2) is 23.3 Å². The van der Waals surface area contributed by atoms with Gasteiger partial charge in [0.2, 0.25) is 0 Å². The third-order valence-corrected chi connectivity index (χ3v) is 8.93. The summed E-state index contributed by atoms with van der Waals surface area (Å²) in [7, 11) is -6.94. The van der Waals surface area contributed by atoms with Crippen molar-refractivity contribution in [1.82, 2.24) is 0 Å². The minimum Gasteiger partial charge on any atom is -0.489 e. The molecular weight excluding hydrogens is 396 g/mol. The van der Waals surface area contributed by atoms with E-state index in [4.69, 9.17) is 4.74 Å². The minimum absolute atomic E-state index is 0.174. The Morgan fingerprint density at radius 2 is 1.57 bits per heavy atom. The van der Waals surface area contributed by atoms with Gasteiger partial charge in [-0.25, -0.2) is 8.42 Å². The van der Waals surface area contributed by atoms with E-state index in [9.17, 15) is 17.5 Å². The van der Waals surface area contributed by atoms with E-state index in [0.717, 1.165) is 5.56 Å².